The molecule has 2 aromatic rings. The van der Waals surface area contributed by atoms with E-state index in [-0.39, 0.29) is 6.04 Å². The number of benzene rings is 2. The molecule has 0 heterocycles. The molecule has 1 atom stereocenters. The average molecular weight is 283 g/mol. The lowest BCUT2D eigenvalue weighted by molar-refractivity contribution is 0.682. The molecule has 0 fully saturated rings. The quantitative estimate of drug-likeness (QED) is 0.848. The van der Waals surface area contributed by atoms with Gasteiger partial charge in [-0.2, -0.15) is 0 Å². The van der Waals surface area contributed by atoms with Gasteiger partial charge in [-0.05, 0) is 60.3 Å². The number of rotatable bonds is 3. The Morgan fingerprint density at radius 3 is 2.55 bits per heavy atom. The van der Waals surface area contributed by atoms with E-state index in [2.05, 4.69) is 48.7 Å². The summed E-state index contributed by atoms with van der Waals surface area (Å²) >= 11 is 1.77. The summed E-state index contributed by atoms with van der Waals surface area (Å²) < 4.78 is 0. The summed E-state index contributed by atoms with van der Waals surface area (Å²) in [6, 6.07) is 15.3. The molecule has 1 aliphatic carbocycles. The SMILES string of the molecule is CSc1ccccc1C(N)c1ccc2c(c1)CCCC2. The largest absolute Gasteiger partial charge is 0.320 e. The molecule has 3 rings (SSSR count). The molecule has 2 N–H and O–H groups in total. The van der Waals surface area contributed by atoms with E-state index in [0.717, 1.165) is 0 Å². The highest BCUT2D eigenvalue weighted by atomic mass is 32.2. The minimum absolute atomic E-state index is 0.0223. The second-order valence-electron chi connectivity index (χ2n) is 5.45. The number of thioether (sulfide) groups is 1. The van der Waals surface area contributed by atoms with Gasteiger partial charge in [-0.1, -0.05) is 36.4 Å². The van der Waals surface area contributed by atoms with Gasteiger partial charge in [-0.3, -0.25) is 0 Å². The first-order chi connectivity index (χ1) is 9.79. The van der Waals surface area contributed by atoms with Crippen LogP contribution in [-0.4, -0.2) is 6.26 Å². The normalized spacial score (nSPS) is 15.7. The minimum Gasteiger partial charge on any atom is -0.320 e. The number of hydrogen-bond donors (Lipinski definition) is 1. The van der Waals surface area contributed by atoms with Gasteiger partial charge in [0.25, 0.3) is 0 Å². The summed E-state index contributed by atoms with van der Waals surface area (Å²) in [4.78, 5) is 1.28. The third-order valence-corrected chi connectivity index (χ3v) is 5.02. The molecular weight excluding hydrogens is 262 g/mol. The van der Waals surface area contributed by atoms with Crippen LogP contribution in [0.25, 0.3) is 0 Å². The molecular formula is C18H21NS. The van der Waals surface area contributed by atoms with E-state index in [1.54, 1.807) is 11.8 Å². The number of hydrogen-bond acceptors (Lipinski definition) is 2. The number of fused-ring (bicyclic) bond motifs is 1. The zero-order chi connectivity index (χ0) is 13.9. The van der Waals surface area contributed by atoms with Gasteiger partial charge < -0.3 is 5.73 Å². The van der Waals surface area contributed by atoms with E-state index in [4.69, 9.17) is 5.73 Å². The molecule has 0 saturated heterocycles. The van der Waals surface area contributed by atoms with Crippen molar-refractivity contribution in [3.63, 3.8) is 0 Å². The van der Waals surface area contributed by atoms with Crippen molar-refractivity contribution in [2.24, 2.45) is 5.73 Å². The zero-order valence-corrected chi connectivity index (χ0v) is 12.7. The summed E-state index contributed by atoms with van der Waals surface area (Å²) in [5.74, 6) is 0. The molecule has 20 heavy (non-hydrogen) atoms. The van der Waals surface area contributed by atoms with E-state index in [9.17, 15) is 0 Å². The van der Waals surface area contributed by atoms with Crippen molar-refractivity contribution in [3.8, 4) is 0 Å². The van der Waals surface area contributed by atoms with E-state index in [1.807, 2.05) is 0 Å². The fraction of sp³-hybridized carbons (Fsp3) is 0.333. The maximum Gasteiger partial charge on any atom is 0.0562 e. The lowest BCUT2D eigenvalue weighted by Gasteiger charge is -2.20. The van der Waals surface area contributed by atoms with Gasteiger partial charge in [0, 0.05) is 4.90 Å². The van der Waals surface area contributed by atoms with Crippen LogP contribution in [-0.2, 0) is 12.8 Å². The third-order valence-electron chi connectivity index (χ3n) is 4.21. The van der Waals surface area contributed by atoms with Crippen molar-refractivity contribution in [3.05, 3.63) is 64.7 Å². The van der Waals surface area contributed by atoms with Crippen LogP contribution in [0.1, 0.15) is 41.1 Å². The van der Waals surface area contributed by atoms with Crippen LogP contribution < -0.4 is 5.73 Å². The lowest BCUT2D eigenvalue weighted by atomic mass is 9.88. The van der Waals surface area contributed by atoms with Crippen molar-refractivity contribution in [1.29, 1.82) is 0 Å². The summed E-state index contributed by atoms with van der Waals surface area (Å²) in [7, 11) is 0. The van der Waals surface area contributed by atoms with Crippen LogP contribution in [0.3, 0.4) is 0 Å². The Kier molecular flexibility index (Phi) is 4.13. The summed E-state index contributed by atoms with van der Waals surface area (Å²) in [5.41, 5.74) is 12.0. The summed E-state index contributed by atoms with van der Waals surface area (Å²) in [6.07, 6.45) is 7.19. The van der Waals surface area contributed by atoms with Gasteiger partial charge in [0.05, 0.1) is 6.04 Å². The molecule has 1 unspecified atom stereocenters. The molecule has 0 amide bonds. The van der Waals surface area contributed by atoms with Crippen molar-refractivity contribution in [1.82, 2.24) is 0 Å². The third kappa shape index (κ3) is 2.63. The first kappa shape index (κ1) is 13.7. The predicted octanol–water partition coefficient (Wildman–Crippen LogP) is 4.34. The first-order valence-corrected chi connectivity index (χ1v) is 8.52. The highest BCUT2D eigenvalue weighted by molar-refractivity contribution is 7.98. The van der Waals surface area contributed by atoms with Gasteiger partial charge in [0.1, 0.15) is 0 Å². The van der Waals surface area contributed by atoms with Crippen molar-refractivity contribution in [2.75, 3.05) is 6.26 Å². The smallest absolute Gasteiger partial charge is 0.0562 e. The molecule has 0 bridgehead atoms. The van der Waals surface area contributed by atoms with Crippen molar-refractivity contribution >= 4 is 11.8 Å². The fourth-order valence-electron chi connectivity index (χ4n) is 3.05. The molecule has 0 saturated carbocycles. The van der Waals surface area contributed by atoms with Crippen LogP contribution >= 0.6 is 11.8 Å². The summed E-state index contributed by atoms with van der Waals surface area (Å²) in [6.45, 7) is 0. The van der Waals surface area contributed by atoms with Crippen molar-refractivity contribution in [2.45, 2.75) is 36.6 Å². The zero-order valence-electron chi connectivity index (χ0n) is 11.9. The van der Waals surface area contributed by atoms with E-state index < -0.39 is 0 Å². The molecule has 1 nitrogen and oxygen atoms in total. The molecule has 2 aromatic carbocycles. The Morgan fingerprint density at radius 1 is 1.00 bits per heavy atom. The van der Waals surface area contributed by atoms with Crippen LogP contribution in [0.5, 0.6) is 0 Å². The molecule has 0 spiro atoms. The molecule has 0 aliphatic heterocycles. The standard InChI is InChI=1S/C18H21NS/c1-20-17-9-5-4-8-16(17)18(19)15-11-10-13-6-2-3-7-14(13)12-15/h4-5,8-12,18H,2-3,6-7,19H2,1H3. The Balaban J connectivity index is 1.96. The number of aryl methyl sites for hydroxylation is 2. The minimum atomic E-state index is -0.0223. The molecule has 1 aliphatic rings. The highest BCUT2D eigenvalue weighted by Gasteiger charge is 2.15. The highest BCUT2D eigenvalue weighted by Crippen LogP contribution is 2.31. The molecule has 0 aromatic heterocycles. The van der Waals surface area contributed by atoms with Crippen molar-refractivity contribution < 1.29 is 0 Å². The van der Waals surface area contributed by atoms with Gasteiger partial charge in [-0.25, -0.2) is 0 Å². The van der Waals surface area contributed by atoms with E-state index >= 15 is 0 Å². The van der Waals surface area contributed by atoms with Gasteiger partial charge in [0.15, 0.2) is 0 Å². The maximum absolute atomic E-state index is 6.51. The molecule has 2 heteroatoms. The van der Waals surface area contributed by atoms with Crippen LogP contribution in [0.2, 0.25) is 0 Å². The maximum atomic E-state index is 6.51. The van der Waals surface area contributed by atoms with Gasteiger partial charge >= 0.3 is 0 Å². The predicted molar refractivity (Wildman–Crippen MR) is 87.3 cm³/mol. The van der Waals surface area contributed by atoms with Crippen LogP contribution in [0.15, 0.2) is 47.4 Å². The Bertz CT molecular complexity index is 606. The van der Waals surface area contributed by atoms with Crippen LogP contribution in [0, 0.1) is 0 Å². The lowest BCUT2D eigenvalue weighted by Crippen LogP contribution is -2.14. The molecule has 0 radical (unpaired) electrons. The second kappa shape index (κ2) is 6.02. The van der Waals surface area contributed by atoms with E-state index in [0.29, 0.717) is 0 Å². The van der Waals surface area contributed by atoms with Crippen LogP contribution in [0.4, 0.5) is 0 Å². The topological polar surface area (TPSA) is 26.0 Å². The van der Waals surface area contributed by atoms with Gasteiger partial charge in [0.2, 0.25) is 0 Å². The number of nitrogens with two attached hydrogens (primary N) is 1. The molecule has 104 valence electrons. The van der Waals surface area contributed by atoms with Gasteiger partial charge in [-0.15, -0.1) is 11.8 Å². The summed E-state index contributed by atoms with van der Waals surface area (Å²) in [5, 5.41) is 0. The second-order valence-corrected chi connectivity index (χ2v) is 6.30. The first-order valence-electron chi connectivity index (χ1n) is 7.30. The monoisotopic (exact) mass is 283 g/mol. The Labute approximate surface area is 125 Å². The average Bonchev–Trinajstić information content (AvgIpc) is 2.53. The Hall–Kier alpha value is -1.25. The van der Waals surface area contributed by atoms with E-state index in [1.165, 1.54) is 52.8 Å². The fourth-order valence-corrected chi connectivity index (χ4v) is 3.70. The Morgan fingerprint density at radius 2 is 1.75 bits per heavy atom.